The summed E-state index contributed by atoms with van der Waals surface area (Å²) >= 11 is 0. The molecule has 1 aromatic rings. The van der Waals surface area contributed by atoms with E-state index in [1.165, 1.54) is 6.92 Å². The van der Waals surface area contributed by atoms with E-state index in [1.807, 2.05) is 43.3 Å². The fourth-order valence-corrected chi connectivity index (χ4v) is 2.54. The summed E-state index contributed by atoms with van der Waals surface area (Å²) in [5.74, 6) is -0.159. The Hall–Kier alpha value is -2.17. The number of Topliss-reactive ketones (excluding diaryl/α,β-unsaturated/α-hetero) is 1. The predicted octanol–water partition coefficient (Wildman–Crippen LogP) is 2.62. The third-order valence-corrected chi connectivity index (χ3v) is 3.60. The SMILES string of the molecule is CC(=O)CC(C#N)(C#N)CC1(c2cccc(C)c2)CO1. The van der Waals surface area contributed by atoms with E-state index in [1.54, 1.807) is 0 Å². The van der Waals surface area contributed by atoms with Gasteiger partial charge in [-0.05, 0) is 19.4 Å². The molecule has 0 radical (unpaired) electrons. The van der Waals surface area contributed by atoms with Crippen LogP contribution in [-0.4, -0.2) is 12.4 Å². The van der Waals surface area contributed by atoms with Crippen LogP contribution in [-0.2, 0) is 15.1 Å². The van der Waals surface area contributed by atoms with Gasteiger partial charge in [0.05, 0.1) is 18.7 Å². The first-order valence-corrected chi connectivity index (χ1v) is 6.48. The first kappa shape index (κ1) is 14.2. The van der Waals surface area contributed by atoms with Crippen LogP contribution in [0.1, 0.15) is 30.9 Å². The van der Waals surface area contributed by atoms with Gasteiger partial charge in [-0.2, -0.15) is 10.5 Å². The van der Waals surface area contributed by atoms with E-state index >= 15 is 0 Å². The van der Waals surface area contributed by atoms with Crippen molar-refractivity contribution < 1.29 is 9.53 Å². The van der Waals surface area contributed by atoms with Crippen LogP contribution in [0, 0.1) is 35.0 Å². The van der Waals surface area contributed by atoms with Crippen LogP contribution in [0.3, 0.4) is 0 Å². The van der Waals surface area contributed by atoms with Crippen LogP contribution < -0.4 is 0 Å². The maximum absolute atomic E-state index is 11.3. The fraction of sp³-hybridized carbons (Fsp3) is 0.438. The maximum Gasteiger partial charge on any atom is 0.153 e. The minimum atomic E-state index is -1.31. The Morgan fingerprint density at radius 3 is 2.55 bits per heavy atom. The number of aryl methyl sites for hydroxylation is 1. The molecule has 0 saturated carbocycles. The van der Waals surface area contributed by atoms with Gasteiger partial charge in [-0.3, -0.25) is 4.79 Å². The van der Waals surface area contributed by atoms with E-state index in [-0.39, 0.29) is 18.6 Å². The zero-order valence-electron chi connectivity index (χ0n) is 11.6. The molecule has 1 unspecified atom stereocenters. The summed E-state index contributed by atoms with van der Waals surface area (Å²) in [6.07, 6.45) is 0.174. The highest BCUT2D eigenvalue weighted by Gasteiger charge is 2.53. The van der Waals surface area contributed by atoms with Crippen LogP contribution in [0.25, 0.3) is 0 Å². The van der Waals surface area contributed by atoms with E-state index in [2.05, 4.69) is 0 Å². The molecule has 0 spiro atoms. The van der Waals surface area contributed by atoms with Crippen molar-refractivity contribution in [3.8, 4) is 12.1 Å². The zero-order valence-corrected chi connectivity index (χ0v) is 11.6. The molecule has 1 aromatic carbocycles. The van der Waals surface area contributed by atoms with Gasteiger partial charge in [-0.1, -0.05) is 29.8 Å². The number of benzene rings is 1. The van der Waals surface area contributed by atoms with Crippen LogP contribution >= 0.6 is 0 Å². The van der Waals surface area contributed by atoms with Gasteiger partial charge in [0.25, 0.3) is 0 Å². The van der Waals surface area contributed by atoms with E-state index in [9.17, 15) is 15.3 Å². The number of epoxide rings is 1. The predicted molar refractivity (Wildman–Crippen MR) is 72.4 cm³/mol. The molecule has 1 fully saturated rings. The summed E-state index contributed by atoms with van der Waals surface area (Å²) in [7, 11) is 0. The molecular formula is C16H16N2O2. The quantitative estimate of drug-likeness (QED) is 0.769. The molecule has 1 aliphatic heterocycles. The van der Waals surface area contributed by atoms with Crippen molar-refractivity contribution >= 4 is 5.78 Å². The molecule has 1 heterocycles. The molecule has 0 aliphatic carbocycles. The van der Waals surface area contributed by atoms with Gasteiger partial charge in [0.2, 0.25) is 0 Å². The van der Waals surface area contributed by atoms with Gasteiger partial charge in [0, 0.05) is 12.8 Å². The summed E-state index contributed by atoms with van der Waals surface area (Å²) in [4.78, 5) is 11.3. The summed E-state index contributed by atoms with van der Waals surface area (Å²) in [5, 5.41) is 18.7. The van der Waals surface area contributed by atoms with Crippen LogP contribution in [0.15, 0.2) is 24.3 Å². The fourth-order valence-electron chi connectivity index (χ4n) is 2.54. The highest BCUT2D eigenvalue weighted by atomic mass is 16.6. The Bertz CT molecular complexity index is 604. The first-order valence-electron chi connectivity index (χ1n) is 6.48. The van der Waals surface area contributed by atoms with Crippen molar-refractivity contribution in [3.63, 3.8) is 0 Å². The number of hydrogen-bond acceptors (Lipinski definition) is 4. The molecule has 4 nitrogen and oxygen atoms in total. The van der Waals surface area contributed by atoms with Crippen molar-refractivity contribution in [3.05, 3.63) is 35.4 Å². The molecule has 0 N–H and O–H groups in total. The van der Waals surface area contributed by atoms with Crippen molar-refractivity contribution in [2.24, 2.45) is 5.41 Å². The Kier molecular flexibility index (Phi) is 3.61. The van der Waals surface area contributed by atoms with E-state index < -0.39 is 11.0 Å². The molecular weight excluding hydrogens is 252 g/mol. The highest BCUT2D eigenvalue weighted by Crippen LogP contribution is 2.48. The second-order valence-electron chi connectivity index (χ2n) is 5.51. The van der Waals surface area contributed by atoms with E-state index in [0.29, 0.717) is 6.61 Å². The lowest BCUT2D eigenvalue weighted by Gasteiger charge is -2.22. The Labute approximate surface area is 118 Å². The molecule has 0 amide bonds. The molecule has 0 aromatic heterocycles. The standard InChI is InChI=1S/C16H16N2O2/c1-12-4-3-5-14(6-12)16(11-20-16)8-15(9-17,10-18)7-13(2)19/h3-6H,7-8,11H2,1-2H3. The van der Waals surface area contributed by atoms with Gasteiger partial charge in [0.15, 0.2) is 5.41 Å². The van der Waals surface area contributed by atoms with Crippen molar-refractivity contribution in [2.75, 3.05) is 6.61 Å². The molecule has 0 bridgehead atoms. The van der Waals surface area contributed by atoms with Crippen LogP contribution in [0.4, 0.5) is 0 Å². The Morgan fingerprint density at radius 1 is 1.45 bits per heavy atom. The van der Waals surface area contributed by atoms with Crippen LogP contribution in [0.5, 0.6) is 0 Å². The molecule has 1 saturated heterocycles. The Morgan fingerprint density at radius 2 is 2.10 bits per heavy atom. The molecule has 2 rings (SSSR count). The van der Waals surface area contributed by atoms with Gasteiger partial charge in [-0.25, -0.2) is 0 Å². The van der Waals surface area contributed by atoms with Crippen LogP contribution in [0.2, 0.25) is 0 Å². The summed E-state index contributed by atoms with van der Waals surface area (Å²) in [5.41, 5.74) is 0.165. The number of carbonyl (C=O) groups is 1. The number of ether oxygens (including phenoxy) is 1. The second-order valence-corrected chi connectivity index (χ2v) is 5.51. The second kappa shape index (κ2) is 5.07. The lowest BCUT2D eigenvalue weighted by Crippen LogP contribution is -2.27. The van der Waals surface area contributed by atoms with Gasteiger partial charge < -0.3 is 4.74 Å². The van der Waals surface area contributed by atoms with Crippen molar-refractivity contribution in [1.82, 2.24) is 0 Å². The first-order chi connectivity index (χ1) is 9.45. The summed E-state index contributed by atoms with van der Waals surface area (Å²) in [6, 6.07) is 11.9. The Balaban J connectivity index is 2.30. The monoisotopic (exact) mass is 268 g/mol. The molecule has 4 heteroatoms. The third kappa shape index (κ3) is 2.71. The minimum absolute atomic E-state index is 0.0586. The smallest absolute Gasteiger partial charge is 0.153 e. The number of nitriles is 2. The number of carbonyl (C=O) groups excluding carboxylic acids is 1. The third-order valence-electron chi connectivity index (χ3n) is 3.60. The summed E-state index contributed by atoms with van der Waals surface area (Å²) in [6.45, 7) is 3.87. The number of hydrogen-bond donors (Lipinski definition) is 0. The largest absolute Gasteiger partial charge is 0.364 e. The number of nitrogens with zero attached hydrogens (tertiary/aromatic N) is 2. The average Bonchev–Trinajstić information content (AvgIpc) is 3.18. The van der Waals surface area contributed by atoms with E-state index in [4.69, 9.17) is 4.74 Å². The number of ketones is 1. The zero-order chi connectivity index (χ0) is 14.8. The normalized spacial score (nSPS) is 20.8. The summed E-state index contributed by atoms with van der Waals surface area (Å²) < 4.78 is 5.56. The van der Waals surface area contributed by atoms with Gasteiger partial charge in [-0.15, -0.1) is 0 Å². The van der Waals surface area contributed by atoms with Gasteiger partial charge in [0.1, 0.15) is 11.4 Å². The molecule has 102 valence electrons. The molecule has 1 aliphatic rings. The number of rotatable bonds is 5. The van der Waals surface area contributed by atoms with Crippen molar-refractivity contribution in [1.29, 1.82) is 10.5 Å². The van der Waals surface area contributed by atoms with Crippen molar-refractivity contribution in [2.45, 2.75) is 32.3 Å². The molecule has 20 heavy (non-hydrogen) atoms. The lowest BCUT2D eigenvalue weighted by atomic mass is 9.76. The molecule has 1 atom stereocenters. The topological polar surface area (TPSA) is 77.2 Å². The lowest BCUT2D eigenvalue weighted by molar-refractivity contribution is -0.118. The maximum atomic E-state index is 11.3. The van der Waals surface area contributed by atoms with Gasteiger partial charge >= 0.3 is 0 Å². The highest BCUT2D eigenvalue weighted by molar-refractivity contribution is 5.77. The van der Waals surface area contributed by atoms with E-state index in [0.717, 1.165) is 11.1 Å². The minimum Gasteiger partial charge on any atom is -0.364 e. The average molecular weight is 268 g/mol.